The quantitative estimate of drug-likeness (QED) is 0.912. The summed E-state index contributed by atoms with van der Waals surface area (Å²) in [5.41, 5.74) is 8.25. The molecule has 1 aromatic heterocycles. The first-order chi connectivity index (χ1) is 9.28. The Labute approximate surface area is 113 Å². The molecule has 100 valence electrons. The first-order valence-electron chi connectivity index (χ1n) is 6.95. The molecule has 0 bridgehead atoms. The lowest BCUT2D eigenvalue weighted by Gasteiger charge is -2.20. The maximum atomic E-state index is 5.79. The van der Waals surface area contributed by atoms with E-state index in [1.807, 2.05) is 6.07 Å². The lowest BCUT2D eigenvalue weighted by Crippen LogP contribution is -2.19. The molecule has 0 fully saturated rings. The minimum atomic E-state index is 0.578. The summed E-state index contributed by atoms with van der Waals surface area (Å²) in [7, 11) is 0. The fourth-order valence-corrected chi connectivity index (χ4v) is 2.77. The maximum Gasteiger partial charge on any atom is 0.137 e. The molecule has 0 aliphatic carbocycles. The Kier molecular flexibility index (Phi) is 3.34. The van der Waals surface area contributed by atoms with Gasteiger partial charge in [0.25, 0.3) is 0 Å². The predicted octanol–water partition coefficient (Wildman–Crippen LogP) is 1.91. The van der Waals surface area contributed by atoms with Crippen molar-refractivity contribution in [2.75, 3.05) is 0 Å². The molecule has 0 saturated heterocycles. The van der Waals surface area contributed by atoms with Crippen LogP contribution in [0.15, 0.2) is 24.3 Å². The molecule has 1 aromatic carbocycles. The van der Waals surface area contributed by atoms with Crippen molar-refractivity contribution in [1.29, 1.82) is 0 Å². The standard InChI is InChI=1S/C15H20N4/c1-11-6-7-19-14(8-11)17-18-15(19)9-12-4-2-3-5-13(12)10-16/h2-5,11H,6-10,16H2,1H3. The van der Waals surface area contributed by atoms with Gasteiger partial charge in [-0.1, -0.05) is 31.2 Å². The molecule has 4 heteroatoms. The van der Waals surface area contributed by atoms with Crippen molar-refractivity contribution in [3.63, 3.8) is 0 Å². The molecule has 2 aromatic rings. The minimum absolute atomic E-state index is 0.578. The highest BCUT2D eigenvalue weighted by Gasteiger charge is 2.20. The molecule has 4 nitrogen and oxygen atoms in total. The fourth-order valence-electron chi connectivity index (χ4n) is 2.77. The molecule has 2 N–H and O–H groups in total. The van der Waals surface area contributed by atoms with Gasteiger partial charge in [-0.15, -0.1) is 10.2 Å². The number of nitrogens with two attached hydrogens (primary N) is 1. The SMILES string of the molecule is CC1CCn2c(Cc3ccccc3CN)nnc2C1. The summed E-state index contributed by atoms with van der Waals surface area (Å²) >= 11 is 0. The van der Waals surface area contributed by atoms with Crippen molar-refractivity contribution in [3.8, 4) is 0 Å². The number of benzene rings is 1. The van der Waals surface area contributed by atoms with E-state index in [0.29, 0.717) is 6.54 Å². The van der Waals surface area contributed by atoms with Gasteiger partial charge in [-0.05, 0) is 23.5 Å². The van der Waals surface area contributed by atoms with E-state index in [-0.39, 0.29) is 0 Å². The van der Waals surface area contributed by atoms with Crippen molar-refractivity contribution < 1.29 is 0 Å². The second kappa shape index (κ2) is 5.13. The second-order valence-electron chi connectivity index (χ2n) is 5.43. The van der Waals surface area contributed by atoms with Crippen molar-refractivity contribution in [2.24, 2.45) is 11.7 Å². The van der Waals surface area contributed by atoms with Gasteiger partial charge in [0.1, 0.15) is 11.6 Å². The summed E-state index contributed by atoms with van der Waals surface area (Å²) in [5.74, 6) is 2.93. The highest BCUT2D eigenvalue weighted by atomic mass is 15.3. The molecular formula is C15H20N4. The highest BCUT2D eigenvalue weighted by molar-refractivity contribution is 5.29. The maximum absolute atomic E-state index is 5.79. The van der Waals surface area contributed by atoms with Crippen LogP contribution in [-0.2, 0) is 25.9 Å². The zero-order valence-corrected chi connectivity index (χ0v) is 11.3. The van der Waals surface area contributed by atoms with Gasteiger partial charge >= 0.3 is 0 Å². The van der Waals surface area contributed by atoms with E-state index in [2.05, 4.69) is 39.9 Å². The van der Waals surface area contributed by atoms with Crippen molar-refractivity contribution in [3.05, 3.63) is 47.0 Å². The number of rotatable bonds is 3. The Hall–Kier alpha value is -1.68. The third kappa shape index (κ3) is 2.40. The van der Waals surface area contributed by atoms with Crippen LogP contribution < -0.4 is 5.73 Å². The van der Waals surface area contributed by atoms with Crippen LogP contribution in [0.5, 0.6) is 0 Å². The van der Waals surface area contributed by atoms with Crippen molar-refractivity contribution in [2.45, 2.75) is 39.3 Å². The van der Waals surface area contributed by atoms with Crippen LogP contribution in [0, 0.1) is 5.92 Å². The van der Waals surface area contributed by atoms with Gasteiger partial charge < -0.3 is 10.3 Å². The average molecular weight is 256 g/mol. The molecule has 0 spiro atoms. The number of nitrogens with zero attached hydrogens (tertiary/aromatic N) is 3. The van der Waals surface area contributed by atoms with Crippen LogP contribution in [0.1, 0.15) is 36.1 Å². The normalized spacial score (nSPS) is 18.3. The fraction of sp³-hybridized carbons (Fsp3) is 0.467. The first-order valence-corrected chi connectivity index (χ1v) is 6.95. The zero-order valence-electron chi connectivity index (χ0n) is 11.3. The van der Waals surface area contributed by atoms with Gasteiger partial charge in [-0.25, -0.2) is 0 Å². The minimum Gasteiger partial charge on any atom is -0.326 e. The number of fused-ring (bicyclic) bond motifs is 1. The molecule has 2 heterocycles. The van der Waals surface area contributed by atoms with Gasteiger partial charge in [0.2, 0.25) is 0 Å². The van der Waals surface area contributed by atoms with Crippen LogP contribution in [0.4, 0.5) is 0 Å². The van der Waals surface area contributed by atoms with E-state index < -0.39 is 0 Å². The van der Waals surface area contributed by atoms with E-state index in [4.69, 9.17) is 5.73 Å². The third-order valence-electron chi connectivity index (χ3n) is 3.97. The summed E-state index contributed by atoms with van der Waals surface area (Å²) in [6.07, 6.45) is 3.09. The summed E-state index contributed by atoms with van der Waals surface area (Å²) in [4.78, 5) is 0. The van der Waals surface area contributed by atoms with E-state index in [1.165, 1.54) is 17.5 Å². The van der Waals surface area contributed by atoms with Crippen molar-refractivity contribution in [1.82, 2.24) is 14.8 Å². The van der Waals surface area contributed by atoms with E-state index >= 15 is 0 Å². The lowest BCUT2D eigenvalue weighted by molar-refractivity contribution is 0.404. The molecular weight excluding hydrogens is 236 g/mol. The van der Waals surface area contributed by atoms with E-state index in [0.717, 1.165) is 37.0 Å². The summed E-state index contributed by atoms with van der Waals surface area (Å²) < 4.78 is 2.29. The van der Waals surface area contributed by atoms with Crippen LogP contribution in [0.25, 0.3) is 0 Å². The topological polar surface area (TPSA) is 56.7 Å². The van der Waals surface area contributed by atoms with Gasteiger partial charge in [0.15, 0.2) is 0 Å². The lowest BCUT2D eigenvalue weighted by atomic mass is 9.99. The van der Waals surface area contributed by atoms with E-state index in [1.54, 1.807) is 0 Å². The second-order valence-corrected chi connectivity index (χ2v) is 5.43. The van der Waals surface area contributed by atoms with Crippen molar-refractivity contribution >= 4 is 0 Å². The Morgan fingerprint density at radius 1 is 1.26 bits per heavy atom. The Balaban J connectivity index is 1.88. The predicted molar refractivity (Wildman–Crippen MR) is 74.6 cm³/mol. The highest BCUT2D eigenvalue weighted by Crippen LogP contribution is 2.21. The monoisotopic (exact) mass is 256 g/mol. The summed E-state index contributed by atoms with van der Waals surface area (Å²) in [6.45, 7) is 3.90. The van der Waals surface area contributed by atoms with Gasteiger partial charge in [0, 0.05) is 25.9 Å². The van der Waals surface area contributed by atoms with Crippen LogP contribution >= 0.6 is 0 Å². The molecule has 1 aliphatic rings. The molecule has 1 aliphatic heterocycles. The molecule has 1 unspecified atom stereocenters. The van der Waals surface area contributed by atoms with Crippen LogP contribution in [0.2, 0.25) is 0 Å². The molecule has 0 saturated carbocycles. The zero-order chi connectivity index (χ0) is 13.2. The third-order valence-corrected chi connectivity index (χ3v) is 3.97. The number of hydrogen-bond donors (Lipinski definition) is 1. The molecule has 0 radical (unpaired) electrons. The largest absolute Gasteiger partial charge is 0.326 e. The molecule has 3 rings (SSSR count). The molecule has 19 heavy (non-hydrogen) atoms. The van der Waals surface area contributed by atoms with Crippen LogP contribution in [0.3, 0.4) is 0 Å². The first kappa shape index (κ1) is 12.4. The smallest absolute Gasteiger partial charge is 0.137 e. The summed E-state index contributed by atoms with van der Waals surface area (Å²) in [6, 6.07) is 8.32. The molecule has 1 atom stereocenters. The van der Waals surface area contributed by atoms with E-state index in [9.17, 15) is 0 Å². The number of hydrogen-bond acceptors (Lipinski definition) is 3. The van der Waals surface area contributed by atoms with Crippen LogP contribution in [-0.4, -0.2) is 14.8 Å². The Morgan fingerprint density at radius 3 is 2.84 bits per heavy atom. The van der Waals surface area contributed by atoms with Gasteiger partial charge in [-0.2, -0.15) is 0 Å². The summed E-state index contributed by atoms with van der Waals surface area (Å²) in [5, 5.41) is 8.72. The van der Waals surface area contributed by atoms with Gasteiger partial charge in [-0.3, -0.25) is 0 Å². The number of aromatic nitrogens is 3. The Bertz CT molecular complexity index is 573. The molecule has 0 amide bonds. The average Bonchev–Trinajstić information content (AvgIpc) is 2.82. The Morgan fingerprint density at radius 2 is 2.05 bits per heavy atom. The van der Waals surface area contributed by atoms with Gasteiger partial charge in [0.05, 0.1) is 0 Å².